The highest BCUT2D eigenvalue weighted by atomic mass is 35.5. The monoisotopic (exact) mass is 372 g/mol. The van der Waals surface area contributed by atoms with E-state index in [0.29, 0.717) is 28.4 Å². The molecular formula is C19H21ClN4O2. The molecule has 0 atom stereocenters. The number of amides is 1. The lowest BCUT2D eigenvalue weighted by Gasteiger charge is -2.15. The van der Waals surface area contributed by atoms with Gasteiger partial charge in [0.2, 0.25) is 5.91 Å². The zero-order valence-corrected chi connectivity index (χ0v) is 16.0. The molecule has 1 amide bonds. The molecule has 6 nitrogen and oxygen atoms in total. The number of hydrogen-bond donors (Lipinski definition) is 2. The van der Waals surface area contributed by atoms with Gasteiger partial charge in [0, 0.05) is 31.9 Å². The van der Waals surface area contributed by atoms with Gasteiger partial charge in [-0.1, -0.05) is 11.6 Å². The highest BCUT2D eigenvalue weighted by Gasteiger charge is 2.14. The predicted molar refractivity (Wildman–Crippen MR) is 104 cm³/mol. The number of anilines is 2. The average Bonchev–Trinajstić information content (AvgIpc) is 2.54. The van der Waals surface area contributed by atoms with E-state index >= 15 is 0 Å². The number of benzene rings is 1. The lowest BCUT2D eigenvalue weighted by atomic mass is 9.99. The van der Waals surface area contributed by atoms with Gasteiger partial charge >= 0.3 is 0 Å². The molecule has 1 aromatic heterocycles. The molecule has 0 saturated heterocycles. The van der Waals surface area contributed by atoms with Crippen molar-refractivity contribution in [2.24, 2.45) is 0 Å². The first kappa shape index (κ1) is 19.5. The summed E-state index contributed by atoms with van der Waals surface area (Å²) in [6, 6.07) is 7.26. The minimum absolute atomic E-state index is 0.0945. The van der Waals surface area contributed by atoms with Gasteiger partial charge in [-0.15, -0.1) is 0 Å². The van der Waals surface area contributed by atoms with E-state index in [0.717, 1.165) is 11.3 Å². The lowest BCUT2D eigenvalue weighted by Crippen LogP contribution is -2.18. The number of carbonyl (C=O) groups excluding carboxylic acids is 1. The summed E-state index contributed by atoms with van der Waals surface area (Å²) in [5.74, 6) is -0.165. The van der Waals surface area contributed by atoms with Crippen LogP contribution in [0.5, 0.6) is 0 Å². The minimum atomic E-state index is -0.397. The molecule has 2 rings (SSSR count). The van der Waals surface area contributed by atoms with Gasteiger partial charge in [0.15, 0.2) is 0 Å². The van der Waals surface area contributed by atoms with Crippen molar-refractivity contribution < 1.29 is 4.79 Å². The quantitative estimate of drug-likeness (QED) is 0.843. The van der Waals surface area contributed by atoms with Crippen molar-refractivity contribution in [1.29, 1.82) is 5.26 Å². The van der Waals surface area contributed by atoms with Crippen LogP contribution in [0, 0.1) is 25.2 Å². The van der Waals surface area contributed by atoms with Crippen molar-refractivity contribution >= 4 is 28.9 Å². The second kappa shape index (κ2) is 8.07. The molecule has 0 aliphatic carbocycles. The van der Waals surface area contributed by atoms with Crippen molar-refractivity contribution in [3.05, 3.63) is 56.0 Å². The van der Waals surface area contributed by atoms with Crippen LogP contribution in [0.2, 0.25) is 5.02 Å². The molecule has 1 heterocycles. The number of hydrogen-bond acceptors (Lipinski definition) is 4. The standard InChI is InChI=1S/C19H21ClN4O2/c1-11-14(12(2)22-19(26)15(11)10-21)6-8-18(25)23-13-5-7-17(24(3)4)16(20)9-13/h5,7,9H,6,8H2,1-4H3,(H,22,26)(H,23,25). The van der Waals surface area contributed by atoms with Gasteiger partial charge in [0.05, 0.1) is 10.7 Å². The summed E-state index contributed by atoms with van der Waals surface area (Å²) in [5, 5.41) is 12.5. The van der Waals surface area contributed by atoms with Gasteiger partial charge in [-0.05, 0) is 49.6 Å². The van der Waals surface area contributed by atoms with Crippen LogP contribution >= 0.6 is 11.6 Å². The van der Waals surface area contributed by atoms with E-state index in [-0.39, 0.29) is 17.9 Å². The van der Waals surface area contributed by atoms with Crippen LogP contribution in [-0.2, 0) is 11.2 Å². The first-order valence-electron chi connectivity index (χ1n) is 8.13. The first-order chi connectivity index (χ1) is 12.2. The summed E-state index contributed by atoms with van der Waals surface area (Å²) in [6.07, 6.45) is 0.657. The fraction of sp³-hybridized carbons (Fsp3) is 0.316. The number of nitrogens with zero attached hydrogens (tertiary/aromatic N) is 2. The summed E-state index contributed by atoms with van der Waals surface area (Å²) >= 11 is 6.21. The largest absolute Gasteiger partial charge is 0.376 e. The molecular weight excluding hydrogens is 352 g/mol. The Morgan fingerprint density at radius 3 is 2.62 bits per heavy atom. The molecule has 0 unspecified atom stereocenters. The van der Waals surface area contributed by atoms with E-state index in [2.05, 4.69) is 10.3 Å². The van der Waals surface area contributed by atoms with E-state index in [9.17, 15) is 9.59 Å². The molecule has 0 fully saturated rings. The van der Waals surface area contributed by atoms with Gasteiger partial charge in [0.25, 0.3) is 5.56 Å². The first-order valence-corrected chi connectivity index (χ1v) is 8.51. The Balaban J connectivity index is 2.10. The van der Waals surface area contributed by atoms with Crippen molar-refractivity contribution in [2.75, 3.05) is 24.3 Å². The number of aromatic amines is 1. The Hall–Kier alpha value is -2.78. The third-order valence-corrected chi connectivity index (χ3v) is 4.54. The molecule has 0 aliphatic rings. The summed E-state index contributed by atoms with van der Waals surface area (Å²) in [4.78, 5) is 28.6. The fourth-order valence-electron chi connectivity index (χ4n) is 2.83. The number of H-pyrrole nitrogens is 1. The summed E-state index contributed by atoms with van der Waals surface area (Å²) in [6.45, 7) is 3.50. The zero-order valence-electron chi connectivity index (χ0n) is 15.2. The Kier molecular flexibility index (Phi) is 6.06. The molecule has 1 aromatic carbocycles. The van der Waals surface area contributed by atoms with Crippen LogP contribution in [-0.4, -0.2) is 25.0 Å². The molecule has 26 heavy (non-hydrogen) atoms. The number of nitrogens with one attached hydrogen (secondary N) is 2. The second-order valence-corrected chi connectivity index (χ2v) is 6.69. The maximum Gasteiger partial charge on any atom is 0.266 e. The summed E-state index contributed by atoms with van der Waals surface area (Å²) < 4.78 is 0. The van der Waals surface area contributed by atoms with Gasteiger partial charge < -0.3 is 15.2 Å². The van der Waals surface area contributed by atoms with Crippen LogP contribution in [0.15, 0.2) is 23.0 Å². The number of aryl methyl sites for hydroxylation is 1. The Labute approximate surface area is 157 Å². The van der Waals surface area contributed by atoms with Gasteiger partial charge in [-0.2, -0.15) is 5.26 Å². The van der Waals surface area contributed by atoms with Crippen molar-refractivity contribution in [3.8, 4) is 6.07 Å². The van der Waals surface area contributed by atoms with E-state index in [1.54, 1.807) is 26.0 Å². The predicted octanol–water partition coefficient (Wildman–Crippen LogP) is 3.15. The topological polar surface area (TPSA) is 89.0 Å². The second-order valence-electron chi connectivity index (χ2n) is 6.28. The number of halogens is 1. The van der Waals surface area contributed by atoms with Crippen molar-refractivity contribution in [3.63, 3.8) is 0 Å². The SMILES string of the molecule is Cc1[nH]c(=O)c(C#N)c(C)c1CCC(=O)Nc1ccc(N(C)C)c(Cl)c1. The molecule has 136 valence electrons. The van der Waals surface area contributed by atoms with Crippen molar-refractivity contribution in [1.82, 2.24) is 4.98 Å². The van der Waals surface area contributed by atoms with Gasteiger partial charge in [-0.25, -0.2) is 0 Å². The molecule has 0 saturated carbocycles. The van der Waals surface area contributed by atoms with Crippen LogP contribution in [0.25, 0.3) is 0 Å². The average molecular weight is 373 g/mol. The summed E-state index contributed by atoms with van der Waals surface area (Å²) in [7, 11) is 3.79. The molecule has 2 aromatic rings. The Morgan fingerprint density at radius 2 is 2.04 bits per heavy atom. The lowest BCUT2D eigenvalue weighted by molar-refractivity contribution is -0.116. The summed E-state index contributed by atoms with van der Waals surface area (Å²) in [5.41, 5.74) is 3.31. The van der Waals surface area contributed by atoms with E-state index < -0.39 is 5.56 Å². The van der Waals surface area contributed by atoms with Gasteiger partial charge in [0.1, 0.15) is 11.6 Å². The zero-order chi connectivity index (χ0) is 19.4. The highest BCUT2D eigenvalue weighted by Crippen LogP contribution is 2.27. The maximum absolute atomic E-state index is 12.3. The molecule has 0 bridgehead atoms. The molecule has 0 radical (unpaired) electrons. The highest BCUT2D eigenvalue weighted by molar-refractivity contribution is 6.33. The smallest absolute Gasteiger partial charge is 0.266 e. The van der Waals surface area contributed by atoms with Crippen LogP contribution in [0.1, 0.15) is 28.8 Å². The molecule has 0 spiro atoms. The minimum Gasteiger partial charge on any atom is -0.376 e. The Bertz CT molecular complexity index is 942. The van der Waals surface area contributed by atoms with Crippen LogP contribution in [0.4, 0.5) is 11.4 Å². The molecule has 2 N–H and O–H groups in total. The van der Waals surface area contributed by atoms with Crippen molar-refractivity contribution in [2.45, 2.75) is 26.7 Å². The number of carbonyl (C=O) groups is 1. The normalized spacial score (nSPS) is 10.3. The number of aromatic nitrogens is 1. The van der Waals surface area contributed by atoms with E-state index in [4.69, 9.17) is 16.9 Å². The number of rotatable bonds is 5. The maximum atomic E-state index is 12.3. The van der Waals surface area contributed by atoms with E-state index in [1.165, 1.54) is 0 Å². The molecule has 0 aliphatic heterocycles. The third-order valence-electron chi connectivity index (χ3n) is 4.24. The number of nitriles is 1. The molecule has 7 heteroatoms. The van der Waals surface area contributed by atoms with Crippen LogP contribution in [0.3, 0.4) is 0 Å². The van der Waals surface area contributed by atoms with E-state index in [1.807, 2.05) is 31.1 Å². The fourth-order valence-corrected chi connectivity index (χ4v) is 3.18. The van der Waals surface area contributed by atoms with Crippen LogP contribution < -0.4 is 15.8 Å². The number of pyridine rings is 1. The third kappa shape index (κ3) is 4.24. The Morgan fingerprint density at radius 1 is 1.35 bits per heavy atom. The van der Waals surface area contributed by atoms with Gasteiger partial charge in [-0.3, -0.25) is 9.59 Å².